The molecule has 1 nitrogen and oxygen atoms in total. The molecule has 0 aliphatic rings. The Labute approximate surface area is 130 Å². The summed E-state index contributed by atoms with van der Waals surface area (Å²) >= 11 is 7.97. The molecule has 2 rings (SSSR count). The highest BCUT2D eigenvalue weighted by atomic mass is 35.5. The lowest BCUT2D eigenvalue weighted by atomic mass is 10.2. The maximum Gasteiger partial charge on any atom is 0.0545 e. The summed E-state index contributed by atoms with van der Waals surface area (Å²) in [6, 6.07) is 18.4. The van der Waals surface area contributed by atoms with Crippen LogP contribution in [0.2, 0.25) is 5.02 Å². The third-order valence-electron chi connectivity index (χ3n) is 2.76. The van der Waals surface area contributed by atoms with Crippen molar-refractivity contribution in [2.75, 3.05) is 20.6 Å². The van der Waals surface area contributed by atoms with Gasteiger partial charge < -0.3 is 4.90 Å². The van der Waals surface area contributed by atoms with E-state index in [9.17, 15) is 0 Å². The summed E-state index contributed by atoms with van der Waals surface area (Å²) in [5.74, 6) is 0. The smallest absolute Gasteiger partial charge is 0.0545 e. The van der Waals surface area contributed by atoms with Crippen LogP contribution >= 0.6 is 23.4 Å². The Morgan fingerprint density at radius 1 is 1.05 bits per heavy atom. The quantitative estimate of drug-likeness (QED) is 0.712. The van der Waals surface area contributed by atoms with Gasteiger partial charge in [0.1, 0.15) is 0 Å². The van der Waals surface area contributed by atoms with Crippen LogP contribution in [0, 0.1) is 0 Å². The fourth-order valence-corrected chi connectivity index (χ4v) is 2.94. The molecule has 0 saturated heterocycles. The molecule has 0 unspecified atom stereocenters. The Bertz CT molecular complexity index is 579. The standard InChI is InChI=1S/C17H18ClNS/c1-19(2)13-12-16(14-8-4-3-5-9-14)20-17-11-7-6-10-15(17)18/h3-12H,13H2,1-2H3. The van der Waals surface area contributed by atoms with Gasteiger partial charge in [0.15, 0.2) is 0 Å². The first-order valence-corrected chi connectivity index (χ1v) is 7.69. The predicted molar refractivity (Wildman–Crippen MR) is 90.3 cm³/mol. The van der Waals surface area contributed by atoms with Gasteiger partial charge in [-0.1, -0.05) is 71.9 Å². The molecule has 0 radical (unpaired) electrons. The van der Waals surface area contributed by atoms with E-state index in [0.29, 0.717) is 0 Å². The Morgan fingerprint density at radius 3 is 2.35 bits per heavy atom. The predicted octanol–water partition coefficient (Wildman–Crippen LogP) is 5.03. The lowest BCUT2D eigenvalue weighted by Crippen LogP contribution is -2.10. The highest BCUT2D eigenvalue weighted by molar-refractivity contribution is 8.08. The van der Waals surface area contributed by atoms with E-state index in [2.05, 4.69) is 55.4 Å². The summed E-state index contributed by atoms with van der Waals surface area (Å²) in [5, 5.41) is 0.796. The van der Waals surface area contributed by atoms with E-state index in [0.717, 1.165) is 16.5 Å². The van der Waals surface area contributed by atoms with Crippen molar-refractivity contribution in [2.45, 2.75) is 4.90 Å². The molecule has 0 spiro atoms. The van der Waals surface area contributed by atoms with Gasteiger partial charge in [-0.05, 0) is 31.8 Å². The molecule has 0 N–H and O–H groups in total. The zero-order valence-electron chi connectivity index (χ0n) is 11.7. The van der Waals surface area contributed by atoms with Crippen LogP contribution in [-0.2, 0) is 0 Å². The van der Waals surface area contributed by atoms with Crippen molar-refractivity contribution in [3.05, 3.63) is 71.3 Å². The molecule has 0 heterocycles. The van der Waals surface area contributed by atoms with Crippen molar-refractivity contribution in [1.29, 1.82) is 0 Å². The van der Waals surface area contributed by atoms with E-state index in [1.54, 1.807) is 11.8 Å². The maximum atomic E-state index is 6.26. The minimum atomic E-state index is 0.796. The van der Waals surface area contributed by atoms with Crippen molar-refractivity contribution in [3.63, 3.8) is 0 Å². The highest BCUT2D eigenvalue weighted by Gasteiger charge is 2.06. The Morgan fingerprint density at radius 2 is 1.70 bits per heavy atom. The van der Waals surface area contributed by atoms with Gasteiger partial charge in [-0.15, -0.1) is 0 Å². The van der Waals surface area contributed by atoms with Crippen molar-refractivity contribution in [2.24, 2.45) is 0 Å². The molecule has 0 bridgehead atoms. The summed E-state index contributed by atoms with van der Waals surface area (Å²) in [7, 11) is 4.14. The second-order valence-corrected chi connectivity index (χ2v) is 6.22. The average Bonchev–Trinajstić information content (AvgIpc) is 2.46. The molecule has 0 aliphatic heterocycles. The second-order valence-electron chi connectivity index (χ2n) is 4.73. The van der Waals surface area contributed by atoms with Crippen LogP contribution in [0.3, 0.4) is 0 Å². The van der Waals surface area contributed by atoms with E-state index in [-0.39, 0.29) is 0 Å². The molecule has 2 aromatic rings. The van der Waals surface area contributed by atoms with Crippen molar-refractivity contribution >= 4 is 28.3 Å². The molecule has 3 heteroatoms. The largest absolute Gasteiger partial charge is 0.306 e. The lowest BCUT2D eigenvalue weighted by molar-refractivity contribution is 0.457. The number of hydrogen-bond acceptors (Lipinski definition) is 2. The fourth-order valence-electron chi connectivity index (χ4n) is 1.73. The second kappa shape index (κ2) is 7.53. The zero-order valence-corrected chi connectivity index (χ0v) is 13.3. The van der Waals surface area contributed by atoms with Crippen LogP contribution in [-0.4, -0.2) is 25.5 Å². The molecular formula is C17H18ClNS. The molecule has 0 aromatic heterocycles. The van der Waals surface area contributed by atoms with Gasteiger partial charge in [0.25, 0.3) is 0 Å². The number of rotatable bonds is 5. The minimum absolute atomic E-state index is 0.796. The average molecular weight is 304 g/mol. The zero-order chi connectivity index (χ0) is 14.4. The van der Waals surface area contributed by atoms with E-state index < -0.39 is 0 Å². The van der Waals surface area contributed by atoms with Crippen molar-refractivity contribution in [3.8, 4) is 0 Å². The van der Waals surface area contributed by atoms with Crippen LogP contribution in [0.5, 0.6) is 0 Å². The fraction of sp³-hybridized carbons (Fsp3) is 0.176. The normalized spacial score (nSPS) is 11.9. The van der Waals surface area contributed by atoms with Gasteiger partial charge in [-0.25, -0.2) is 0 Å². The van der Waals surface area contributed by atoms with Crippen LogP contribution in [0.15, 0.2) is 65.6 Å². The van der Waals surface area contributed by atoms with Crippen molar-refractivity contribution in [1.82, 2.24) is 4.90 Å². The summed E-state index contributed by atoms with van der Waals surface area (Å²) < 4.78 is 0. The number of hydrogen-bond donors (Lipinski definition) is 0. The third kappa shape index (κ3) is 4.41. The molecule has 20 heavy (non-hydrogen) atoms. The van der Waals surface area contributed by atoms with Gasteiger partial charge >= 0.3 is 0 Å². The monoisotopic (exact) mass is 303 g/mol. The van der Waals surface area contributed by atoms with Crippen LogP contribution in [0.1, 0.15) is 5.56 Å². The molecule has 0 aliphatic carbocycles. The summed E-state index contributed by atoms with van der Waals surface area (Å²) in [4.78, 5) is 4.46. The van der Waals surface area contributed by atoms with Gasteiger partial charge in [0.2, 0.25) is 0 Å². The van der Waals surface area contributed by atoms with Crippen molar-refractivity contribution < 1.29 is 0 Å². The Kier molecular flexibility index (Phi) is 5.72. The number of benzene rings is 2. The minimum Gasteiger partial charge on any atom is -0.306 e. The third-order valence-corrected chi connectivity index (χ3v) is 4.40. The number of halogens is 1. The first-order valence-electron chi connectivity index (χ1n) is 6.49. The van der Waals surface area contributed by atoms with E-state index >= 15 is 0 Å². The van der Waals surface area contributed by atoms with Crippen LogP contribution in [0.25, 0.3) is 4.91 Å². The lowest BCUT2D eigenvalue weighted by Gasteiger charge is -2.11. The molecule has 0 atom stereocenters. The van der Waals surface area contributed by atoms with E-state index in [1.165, 1.54) is 10.5 Å². The number of likely N-dealkylation sites (N-methyl/N-ethyl adjacent to an activating group) is 1. The van der Waals surface area contributed by atoms with E-state index in [1.807, 2.05) is 24.3 Å². The topological polar surface area (TPSA) is 3.24 Å². The van der Waals surface area contributed by atoms with Crippen LogP contribution in [0.4, 0.5) is 0 Å². The first-order chi connectivity index (χ1) is 9.66. The van der Waals surface area contributed by atoms with Gasteiger partial charge in [0, 0.05) is 16.3 Å². The summed E-state index contributed by atoms with van der Waals surface area (Å²) in [6.45, 7) is 0.904. The molecule has 0 saturated carbocycles. The Hall–Kier alpha value is -1.22. The molecule has 0 fully saturated rings. The van der Waals surface area contributed by atoms with Crippen LogP contribution < -0.4 is 0 Å². The highest BCUT2D eigenvalue weighted by Crippen LogP contribution is 2.37. The van der Waals surface area contributed by atoms with Gasteiger partial charge in [-0.2, -0.15) is 0 Å². The number of thioether (sulfide) groups is 1. The van der Waals surface area contributed by atoms with E-state index in [4.69, 9.17) is 11.6 Å². The molecule has 104 valence electrons. The molecular weight excluding hydrogens is 286 g/mol. The molecule has 0 amide bonds. The Balaban J connectivity index is 2.28. The maximum absolute atomic E-state index is 6.26. The van der Waals surface area contributed by atoms with Gasteiger partial charge in [-0.3, -0.25) is 0 Å². The van der Waals surface area contributed by atoms with Gasteiger partial charge in [0.05, 0.1) is 5.02 Å². The first kappa shape index (κ1) is 15.2. The summed E-state index contributed by atoms with van der Waals surface area (Å²) in [5.41, 5.74) is 1.22. The summed E-state index contributed by atoms with van der Waals surface area (Å²) in [6.07, 6.45) is 2.24. The SMILES string of the molecule is CN(C)CC=C(Sc1ccccc1Cl)c1ccccc1. The number of nitrogens with zero attached hydrogens (tertiary/aromatic N) is 1. The molecule has 2 aromatic carbocycles.